The number of hydrogen-bond acceptors (Lipinski definition) is 5. The number of carbonyl (C=O) groups is 1. The lowest BCUT2D eigenvalue weighted by molar-refractivity contribution is -0.171. The lowest BCUT2D eigenvalue weighted by Crippen LogP contribution is -2.53. The monoisotopic (exact) mass is 359 g/mol. The number of hydroxylamine groups is 1. The van der Waals surface area contributed by atoms with Gasteiger partial charge < -0.3 is 14.9 Å². The molecule has 2 aromatic carbocycles. The summed E-state index contributed by atoms with van der Waals surface area (Å²) in [7, 11) is 0. The van der Waals surface area contributed by atoms with Crippen LogP contribution in [0, 0.1) is 0 Å². The summed E-state index contributed by atoms with van der Waals surface area (Å²) >= 11 is 0. The smallest absolute Gasteiger partial charge is 0.280 e. The van der Waals surface area contributed by atoms with Crippen molar-refractivity contribution in [1.29, 1.82) is 0 Å². The molecule has 0 atom stereocenters. The van der Waals surface area contributed by atoms with Crippen LogP contribution in [-0.4, -0.2) is 40.1 Å². The predicted molar refractivity (Wildman–Crippen MR) is 97.5 cm³/mol. The molecule has 0 spiro atoms. The van der Waals surface area contributed by atoms with E-state index < -0.39 is 24.7 Å². The van der Waals surface area contributed by atoms with E-state index in [2.05, 4.69) is 31.2 Å². The molecule has 0 aliphatic rings. The van der Waals surface area contributed by atoms with Crippen molar-refractivity contribution in [2.75, 3.05) is 13.2 Å². The molecule has 4 N–H and O–H groups in total. The molecule has 2 rings (SSSR count). The van der Waals surface area contributed by atoms with Gasteiger partial charge in [0.1, 0.15) is 0 Å². The second kappa shape index (κ2) is 9.45. The van der Waals surface area contributed by atoms with E-state index in [1.807, 2.05) is 24.3 Å². The van der Waals surface area contributed by atoms with Crippen LogP contribution in [0.15, 0.2) is 48.5 Å². The number of aliphatic hydroxyl groups is 2. The van der Waals surface area contributed by atoms with Crippen molar-refractivity contribution in [1.82, 2.24) is 5.48 Å². The fourth-order valence-electron chi connectivity index (χ4n) is 2.62. The number of aliphatic hydroxyl groups excluding tert-OH is 2. The maximum absolute atomic E-state index is 11.6. The lowest BCUT2D eigenvalue weighted by Gasteiger charge is -2.27. The summed E-state index contributed by atoms with van der Waals surface area (Å²) in [5, 5.41) is 27.4. The first-order chi connectivity index (χ1) is 12.6. The Balaban J connectivity index is 2.06. The molecule has 26 heavy (non-hydrogen) atoms. The van der Waals surface area contributed by atoms with Crippen molar-refractivity contribution in [3.05, 3.63) is 59.7 Å². The quantitative estimate of drug-likeness (QED) is 0.406. The largest absolute Gasteiger partial charge is 0.393 e. The molecule has 0 saturated heterocycles. The molecule has 0 aliphatic carbocycles. The van der Waals surface area contributed by atoms with E-state index in [4.69, 9.17) is 9.94 Å². The standard InChI is InChI=1S/C20H25NO5/c1-2-3-15-4-8-17(9-5-15)18-10-6-16(7-11-18)12-26-20(13-22,14-23)19(24)21-25/h4-11,22-23,25H,2-3,12-14H2,1H3,(H,21,24). The fraction of sp³-hybridized carbons (Fsp3) is 0.350. The van der Waals surface area contributed by atoms with Gasteiger partial charge in [-0.15, -0.1) is 0 Å². The number of rotatable bonds is 9. The average Bonchev–Trinajstić information content (AvgIpc) is 2.70. The highest BCUT2D eigenvalue weighted by Gasteiger charge is 2.38. The van der Waals surface area contributed by atoms with Gasteiger partial charge in [0, 0.05) is 0 Å². The summed E-state index contributed by atoms with van der Waals surface area (Å²) in [5.41, 5.74) is 3.77. The molecule has 0 aromatic heterocycles. The number of amides is 1. The molecule has 0 saturated carbocycles. The SMILES string of the molecule is CCCc1ccc(-c2ccc(COC(CO)(CO)C(=O)NO)cc2)cc1. The van der Waals surface area contributed by atoms with Gasteiger partial charge in [-0.3, -0.25) is 10.0 Å². The number of ether oxygens (including phenoxy) is 1. The van der Waals surface area contributed by atoms with E-state index in [1.165, 1.54) is 11.0 Å². The average molecular weight is 359 g/mol. The molecule has 0 bridgehead atoms. The van der Waals surface area contributed by atoms with E-state index in [-0.39, 0.29) is 6.61 Å². The van der Waals surface area contributed by atoms with E-state index >= 15 is 0 Å². The Kier molecular flexibility index (Phi) is 7.29. The van der Waals surface area contributed by atoms with Crippen molar-refractivity contribution in [3.8, 4) is 11.1 Å². The Morgan fingerprint density at radius 1 is 0.962 bits per heavy atom. The highest BCUT2D eigenvalue weighted by atomic mass is 16.5. The fourth-order valence-corrected chi connectivity index (χ4v) is 2.62. The number of aryl methyl sites for hydroxylation is 1. The van der Waals surface area contributed by atoms with Crippen LogP contribution in [-0.2, 0) is 22.6 Å². The van der Waals surface area contributed by atoms with Crippen molar-refractivity contribution in [2.45, 2.75) is 32.0 Å². The van der Waals surface area contributed by atoms with E-state index in [9.17, 15) is 15.0 Å². The molecule has 0 unspecified atom stereocenters. The van der Waals surface area contributed by atoms with Crippen LogP contribution in [0.1, 0.15) is 24.5 Å². The van der Waals surface area contributed by atoms with Crippen LogP contribution in [0.25, 0.3) is 11.1 Å². The molecule has 0 radical (unpaired) electrons. The molecule has 140 valence electrons. The molecule has 2 aromatic rings. The molecule has 0 aliphatic heterocycles. The summed E-state index contributed by atoms with van der Waals surface area (Å²) in [6.45, 7) is 0.654. The normalized spacial score (nSPS) is 11.4. The third-order valence-corrected chi connectivity index (χ3v) is 4.32. The minimum Gasteiger partial charge on any atom is -0.393 e. The first-order valence-corrected chi connectivity index (χ1v) is 8.57. The van der Waals surface area contributed by atoms with E-state index in [1.54, 1.807) is 0 Å². The van der Waals surface area contributed by atoms with Crippen molar-refractivity contribution in [3.63, 3.8) is 0 Å². The highest BCUT2D eigenvalue weighted by Crippen LogP contribution is 2.22. The van der Waals surface area contributed by atoms with Gasteiger partial charge in [0.25, 0.3) is 5.91 Å². The van der Waals surface area contributed by atoms with Gasteiger partial charge in [0.2, 0.25) is 0 Å². The van der Waals surface area contributed by atoms with Crippen LogP contribution >= 0.6 is 0 Å². The number of benzene rings is 2. The summed E-state index contributed by atoms with van der Waals surface area (Å²) in [4.78, 5) is 11.6. The van der Waals surface area contributed by atoms with Gasteiger partial charge in [-0.05, 0) is 28.7 Å². The van der Waals surface area contributed by atoms with Crippen LogP contribution in [0.2, 0.25) is 0 Å². The molecule has 0 fully saturated rings. The Morgan fingerprint density at radius 3 is 1.88 bits per heavy atom. The molecule has 1 amide bonds. The topological polar surface area (TPSA) is 99.0 Å². The van der Waals surface area contributed by atoms with Gasteiger partial charge in [0.15, 0.2) is 5.60 Å². The summed E-state index contributed by atoms with van der Waals surface area (Å²) in [5.74, 6) is -0.994. The van der Waals surface area contributed by atoms with Gasteiger partial charge in [0.05, 0.1) is 19.8 Å². The van der Waals surface area contributed by atoms with Crippen LogP contribution in [0.5, 0.6) is 0 Å². The summed E-state index contributed by atoms with van der Waals surface area (Å²) in [6, 6.07) is 16.0. The zero-order chi connectivity index (χ0) is 19.0. The molecular weight excluding hydrogens is 334 g/mol. The van der Waals surface area contributed by atoms with Gasteiger partial charge in [-0.2, -0.15) is 0 Å². The summed E-state index contributed by atoms with van der Waals surface area (Å²) in [6.07, 6.45) is 2.18. The number of carbonyl (C=O) groups excluding carboxylic acids is 1. The third-order valence-electron chi connectivity index (χ3n) is 4.32. The second-order valence-corrected chi connectivity index (χ2v) is 6.18. The van der Waals surface area contributed by atoms with Crippen LogP contribution in [0.4, 0.5) is 0 Å². The molecule has 6 nitrogen and oxygen atoms in total. The third kappa shape index (κ3) is 4.68. The molecular formula is C20H25NO5. The minimum atomic E-state index is -1.89. The molecule has 6 heteroatoms. The van der Waals surface area contributed by atoms with Gasteiger partial charge in [-0.25, -0.2) is 5.48 Å². The van der Waals surface area contributed by atoms with Crippen LogP contribution < -0.4 is 5.48 Å². The zero-order valence-corrected chi connectivity index (χ0v) is 14.8. The van der Waals surface area contributed by atoms with Crippen molar-refractivity contribution >= 4 is 5.91 Å². The number of hydrogen-bond donors (Lipinski definition) is 4. The minimum absolute atomic E-state index is 0.00422. The highest BCUT2D eigenvalue weighted by molar-refractivity contribution is 5.84. The Morgan fingerprint density at radius 2 is 1.46 bits per heavy atom. The van der Waals surface area contributed by atoms with E-state index in [0.29, 0.717) is 0 Å². The van der Waals surface area contributed by atoms with Crippen molar-refractivity contribution in [2.24, 2.45) is 0 Å². The number of nitrogens with one attached hydrogen (secondary N) is 1. The predicted octanol–water partition coefficient (Wildman–Crippen LogP) is 2.05. The second-order valence-electron chi connectivity index (χ2n) is 6.18. The van der Waals surface area contributed by atoms with Crippen molar-refractivity contribution < 1.29 is 25.0 Å². The molecule has 0 heterocycles. The maximum atomic E-state index is 11.6. The lowest BCUT2D eigenvalue weighted by atomic mass is 10.0. The zero-order valence-electron chi connectivity index (χ0n) is 14.8. The summed E-state index contributed by atoms with van der Waals surface area (Å²) < 4.78 is 5.38. The first kappa shape index (κ1) is 20.1. The van der Waals surface area contributed by atoms with Gasteiger partial charge in [-0.1, -0.05) is 61.9 Å². The van der Waals surface area contributed by atoms with Gasteiger partial charge >= 0.3 is 0 Å². The van der Waals surface area contributed by atoms with Crippen LogP contribution in [0.3, 0.4) is 0 Å². The Hall–Kier alpha value is -2.25. The maximum Gasteiger partial charge on any atom is 0.280 e. The Labute approximate surface area is 153 Å². The Bertz CT molecular complexity index is 693. The van der Waals surface area contributed by atoms with E-state index in [0.717, 1.165) is 29.5 Å². The first-order valence-electron chi connectivity index (χ1n) is 8.57.